The highest BCUT2D eigenvalue weighted by Crippen LogP contribution is 2.36. The molecule has 2 aliphatic heterocycles. The van der Waals surface area contributed by atoms with Gasteiger partial charge < -0.3 is 24.9 Å². The number of carbonyl (C=O) groups excluding carboxylic acids is 2. The first-order chi connectivity index (χ1) is 14.1. The van der Waals surface area contributed by atoms with Crippen LogP contribution in [0.15, 0.2) is 29.1 Å². The van der Waals surface area contributed by atoms with Crippen LogP contribution in [0, 0.1) is 0 Å². The minimum Gasteiger partial charge on any atom is -0.459 e. The molecule has 1 atom stereocenters. The number of piperidine rings is 1. The quantitative estimate of drug-likeness (QED) is 0.659. The summed E-state index contributed by atoms with van der Waals surface area (Å²) >= 11 is 1.66. The Morgan fingerprint density at radius 3 is 2.97 bits per heavy atom. The van der Waals surface area contributed by atoms with Crippen molar-refractivity contribution in [2.75, 3.05) is 31.6 Å². The van der Waals surface area contributed by atoms with Gasteiger partial charge in [0, 0.05) is 31.7 Å². The molecule has 0 unspecified atom stereocenters. The molecule has 4 rings (SSSR count). The Hall–Kier alpha value is -2.26. The van der Waals surface area contributed by atoms with Gasteiger partial charge in [-0.05, 0) is 43.4 Å². The van der Waals surface area contributed by atoms with Gasteiger partial charge in [0.25, 0.3) is 5.91 Å². The van der Waals surface area contributed by atoms with E-state index < -0.39 is 6.04 Å². The highest BCUT2D eigenvalue weighted by molar-refractivity contribution is 7.98. The minimum atomic E-state index is -0.547. The number of nitrogens with zero attached hydrogens (tertiary/aromatic N) is 2. The number of amides is 2. The van der Waals surface area contributed by atoms with Crippen LogP contribution in [0.1, 0.15) is 41.2 Å². The van der Waals surface area contributed by atoms with Crippen LogP contribution in [0.5, 0.6) is 0 Å². The third kappa shape index (κ3) is 4.06. The Balaban J connectivity index is 1.42. The first-order valence-corrected chi connectivity index (χ1v) is 11.4. The van der Waals surface area contributed by atoms with Crippen molar-refractivity contribution >= 4 is 23.6 Å². The summed E-state index contributed by atoms with van der Waals surface area (Å²) in [6.45, 7) is 2.20. The van der Waals surface area contributed by atoms with Crippen LogP contribution in [0.25, 0.3) is 0 Å². The second-order valence-corrected chi connectivity index (χ2v) is 8.58. The van der Waals surface area contributed by atoms with Crippen LogP contribution >= 0.6 is 11.8 Å². The van der Waals surface area contributed by atoms with Crippen LogP contribution in [0.4, 0.5) is 0 Å². The zero-order valence-electron chi connectivity index (χ0n) is 16.6. The summed E-state index contributed by atoms with van der Waals surface area (Å²) in [4.78, 5) is 35.3. The maximum Gasteiger partial charge on any atom is 0.287 e. The van der Waals surface area contributed by atoms with Crippen molar-refractivity contribution in [1.82, 2.24) is 25.5 Å². The molecule has 4 heterocycles. The number of nitrogens with one attached hydrogen (secondary N) is 3. The lowest BCUT2D eigenvalue weighted by Crippen LogP contribution is -2.57. The summed E-state index contributed by atoms with van der Waals surface area (Å²) in [5.41, 5.74) is 2.14. The van der Waals surface area contributed by atoms with Crippen LogP contribution < -0.4 is 10.6 Å². The molecule has 0 aliphatic carbocycles. The van der Waals surface area contributed by atoms with Crippen LogP contribution in [0.2, 0.25) is 0 Å². The third-order valence-electron chi connectivity index (χ3n) is 5.90. The number of hydrogen-bond donors (Lipinski definition) is 3. The molecule has 2 aromatic heterocycles. The number of aromatic amines is 1. The van der Waals surface area contributed by atoms with Gasteiger partial charge >= 0.3 is 0 Å². The highest BCUT2D eigenvalue weighted by Gasteiger charge is 2.42. The number of fused-ring (bicyclic) bond motifs is 2. The number of imidazole rings is 1. The lowest BCUT2D eigenvalue weighted by Gasteiger charge is -2.44. The standard InChI is InChI=1S/C20H27N5O3S/c1-29-12-5-15(24-18(26)16-3-2-11-28-16)19(27)25-9-6-20(7-10-25)17-14(4-8-23-20)21-13-22-17/h2-3,11,13,15,23H,4-10,12H2,1H3,(H,21,22)(H,24,26)/t15-/m1/s1. The van der Waals surface area contributed by atoms with Crippen molar-refractivity contribution in [3.05, 3.63) is 41.9 Å². The number of aromatic nitrogens is 2. The molecule has 1 spiro atoms. The Labute approximate surface area is 174 Å². The fourth-order valence-electron chi connectivity index (χ4n) is 4.31. The smallest absolute Gasteiger partial charge is 0.287 e. The zero-order chi connectivity index (χ0) is 20.3. The molecule has 9 heteroatoms. The normalized spacial score (nSPS) is 19.0. The molecule has 0 aromatic carbocycles. The summed E-state index contributed by atoms with van der Waals surface area (Å²) in [5.74, 6) is 0.650. The maximum atomic E-state index is 13.2. The molecular weight excluding hydrogens is 390 g/mol. The van der Waals surface area contributed by atoms with Gasteiger partial charge in [-0.3, -0.25) is 9.59 Å². The lowest BCUT2D eigenvalue weighted by atomic mass is 9.80. The van der Waals surface area contributed by atoms with Crippen molar-refractivity contribution in [3.63, 3.8) is 0 Å². The summed E-state index contributed by atoms with van der Waals surface area (Å²) in [6.07, 6.45) is 8.40. The monoisotopic (exact) mass is 417 g/mol. The molecular formula is C20H27N5O3S. The van der Waals surface area contributed by atoms with E-state index in [-0.39, 0.29) is 23.1 Å². The number of rotatable bonds is 6. The number of furan rings is 1. The molecule has 8 nitrogen and oxygen atoms in total. The third-order valence-corrected chi connectivity index (χ3v) is 6.54. The van der Waals surface area contributed by atoms with Crippen molar-refractivity contribution in [2.24, 2.45) is 0 Å². The van der Waals surface area contributed by atoms with Gasteiger partial charge in [-0.2, -0.15) is 11.8 Å². The van der Waals surface area contributed by atoms with E-state index in [1.165, 1.54) is 12.0 Å². The van der Waals surface area contributed by atoms with Crippen molar-refractivity contribution in [3.8, 4) is 0 Å². The number of likely N-dealkylation sites (tertiary alicyclic amines) is 1. The first kappa shape index (κ1) is 20.0. The van der Waals surface area contributed by atoms with E-state index in [0.717, 1.165) is 37.3 Å². The Morgan fingerprint density at radius 1 is 1.41 bits per heavy atom. The van der Waals surface area contributed by atoms with Crippen LogP contribution in [-0.2, 0) is 16.8 Å². The molecule has 1 fully saturated rings. The Kier molecular flexibility index (Phi) is 5.96. The number of carbonyl (C=O) groups is 2. The second-order valence-electron chi connectivity index (χ2n) is 7.60. The molecule has 0 saturated carbocycles. The maximum absolute atomic E-state index is 13.2. The zero-order valence-corrected chi connectivity index (χ0v) is 17.4. The topological polar surface area (TPSA) is 103 Å². The van der Waals surface area contributed by atoms with E-state index in [9.17, 15) is 9.59 Å². The van der Waals surface area contributed by atoms with Crippen LogP contribution in [-0.4, -0.2) is 64.4 Å². The van der Waals surface area contributed by atoms with Crippen molar-refractivity contribution in [1.29, 1.82) is 0 Å². The summed E-state index contributed by atoms with van der Waals surface area (Å²) < 4.78 is 5.17. The number of hydrogen-bond acceptors (Lipinski definition) is 6. The largest absolute Gasteiger partial charge is 0.459 e. The molecule has 29 heavy (non-hydrogen) atoms. The van der Waals surface area contributed by atoms with Gasteiger partial charge in [0.15, 0.2) is 5.76 Å². The van der Waals surface area contributed by atoms with Gasteiger partial charge in [-0.1, -0.05) is 0 Å². The van der Waals surface area contributed by atoms with E-state index in [1.807, 2.05) is 11.2 Å². The van der Waals surface area contributed by atoms with E-state index in [4.69, 9.17) is 4.42 Å². The molecule has 1 saturated heterocycles. The molecule has 3 N–H and O–H groups in total. The van der Waals surface area contributed by atoms with E-state index >= 15 is 0 Å². The lowest BCUT2D eigenvalue weighted by molar-refractivity contribution is -0.135. The van der Waals surface area contributed by atoms with Gasteiger partial charge in [0.1, 0.15) is 6.04 Å². The fourth-order valence-corrected chi connectivity index (χ4v) is 4.78. The summed E-state index contributed by atoms with van der Waals surface area (Å²) in [5, 5.41) is 6.51. The van der Waals surface area contributed by atoms with Crippen LogP contribution in [0.3, 0.4) is 0 Å². The average molecular weight is 418 g/mol. The Bertz CT molecular complexity index is 842. The minimum absolute atomic E-state index is 0.0214. The predicted octanol–water partition coefficient (Wildman–Crippen LogP) is 1.52. The molecule has 2 aromatic rings. The molecule has 2 amide bonds. The van der Waals surface area contributed by atoms with Gasteiger partial charge in [0.05, 0.1) is 23.8 Å². The molecule has 0 bridgehead atoms. The number of thioether (sulfide) groups is 1. The van der Waals surface area contributed by atoms with E-state index in [0.29, 0.717) is 19.5 Å². The highest BCUT2D eigenvalue weighted by atomic mass is 32.2. The average Bonchev–Trinajstić information content (AvgIpc) is 3.44. The predicted molar refractivity (Wildman–Crippen MR) is 111 cm³/mol. The van der Waals surface area contributed by atoms with Crippen molar-refractivity contribution < 1.29 is 14.0 Å². The summed E-state index contributed by atoms with van der Waals surface area (Å²) in [6, 6.07) is 2.72. The molecule has 2 aliphatic rings. The van der Waals surface area contributed by atoms with Gasteiger partial charge in [0.2, 0.25) is 5.91 Å². The first-order valence-electron chi connectivity index (χ1n) is 10.0. The summed E-state index contributed by atoms with van der Waals surface area (Å²) in [7, 11) is 0. The Morgan fingerprint density at radius 2 is 2.24 bits per heavy atom. The second kappa shape index (κ2) is 8.62. The fraction of sp³-hybridized carbons (Fsp3) is 0.550. The SMILES string of the molecule is CSCC[C@@H](NC(=O)c1ccco1)C(=O)N1CCC2(CC1)NCCc1[nH]cnc12. The van der Waals surface area contributed by atoms with E-state index in [1.54, 1.807) is 30.2 Å². The van der Waals surface area contributed by atoms with E-state index in [2.05, 4.69) is 20.6 Å². The van der Waals surface area contributed by atoms with Gasteiger partial charge in [-0.15, -0.1) is 0 Å². The van der Waals surface area contributed by atoms with Crippen molar-refractivity contribution in [2.45, 2.75) is 37.3 Å². The molecule has 0 radical (unpaired) electrons. The molecule has 156 valence electrons. The number of H-pyrrole nitrogens is 1. The van der Waals surface area contributed by atoms with Gasteiger partial charge in [-0.25, -0.2) is 4.98 Å².